The number of nitrogens with zero attached hydrogens (tertiary/aromatic N) is 1. The molecule has 0 amide bonds. The predicted octanol–water partition coefficient (Wildman–Crippen LogP) is 1.80. The molecule has 0 spiro atoms. The van der Waals surface area contributed by atoms with Gasteiger partial charge in [-0.25, -0.2) is 0 Å². The van der Waals surface area contributed by atoms with Gasteiger partial charge in [0.1, 0.15) is 11.5 Å². The van der Waals surface area contributed by atoms with Gasteiger partial charge < -0.3 is 14.9 Å². The molecular formula is C12H14N2O2. The minimum atomic E-state index is 0.0789. The fraction of sp³-hybridized carbons (Fsp3) is 0.250. The van der Waals surface area contributed by atoms with Crippen molar-refractivity contribution < 1.29 is 9.15 Å². The van der Waals surface area contributed by atoms with E-state index in [4.69, 9.17) is 14.9 Å². The lowest BCUT2D eigenvalue weighted by molar-refractivity contribution is 0.272. The van der Waals surface area contributed by atoms with Gasteiger partial charge in [0.25, 0.3) is 0 Å². The Bertz CT molecular complexity index is 400. The second-order valence-electron chi connectivity index (χ2n) is 3.45. The van der Waals surface area contributed by atoms with Gasteiger partial charge in [-0.15, -0.1) is 0 Å². The molecule has 0 aliphatic rings. The molecule has 84 valence electrons. The number of furan rings is 1. The Morgan fingerprint density at radius 3 is 2.94 bits per heavy atom. The molecule has 1 atom stereocenters. The lowest BCUT2D eigenvalue weighted by Gasteiger charge is -2.13. The Kier molecular flexibility index (Phi) is 3.56. The van der Waals surface area contributed by atoms with E-state index in [9.17, 15) is 0 Å². The molecule has 2 aromatic rings. The quantitative estimate of drug-likeness (QED) is 0.831. The SMILES string of the molecule is NCC(COc1cccnc1)c1ccco1. The van der Waals surface area contributed by atoms with E-state index in [-0.39, 0.29) is 5.92 Å². The van der Waals surface area contributed by atoms with E-state index in [1.165, 1.54) is 0 Å². The summed E-state index contributed by atoms with van der Waals surface area (Å²) in [5.74, 6) is 1.68. The maximum atomic E-state index is 5.67. The topological polar surface area (TPSA) is 61.3 Å². The first-order valence-electron chi connectivity index (χ1n) is 5.16. The second-order valence-corrected chi connectivity index (χ2v) is 3.45. The Hall–Kier alpha value is -1.81. The fourth-order valence-electron chi connectivity index (χ4n) is 1.42. The Morgan fingerprint density at radius 2 is 2.31 bits per heavy atom. The largest absolute Gasteiger partial charge is 0.491 e. The third kappa shape index (κ3) is 2.61. The van der Waals surface area contributed by atoms with Crippen molar-refractivity contribution in [2.45, 2.75) is 5.92 Å². The summed E-state index contributed by atoms with van der Waals surface area (Å²) in [5, 5.41) is 0. The molecule has 0 aromatic carbocycles. The molecule has 0 radical (unpaired) electrons. The molecule has 0 saturated heterocycles. The van der Waals surface area contributed by atoms with Gasteiger partial charge in [-0.1, -0.05) is 0 Å². The van der Waals surface area contributed by atoms with Gasteiger partial charge in [-0.05, 0) is 24.3 Å². The summed E-state index contributed by atoms with van der Waals surface area (Å²) in [4.78, 5) is 3.97. The van der Waals surface area contributed by atoms with Crippen LogP contribution in [0.1, 0.15) is 11.7 Å². The zero-order valence-electron chi connectivity index (χ0n) is 8.87. The van der Waals surface area contributed by atoms with Crippen LogP contribution in [0.25, 0.3) is 0 Å². The predicted molar refractivity (Wildman–Crippen MR) is 60.2 cm³/mol. The van der Waals surface area contributed by atoms with E-state index in [1.54, 1.807) is 18.7 Å². The number of hydrogen-bond acceptors (Lipinski definition) is 4. The van der Waals surface area contributed by atoms with Crippen LogP contribution < -0.4 is 10.5 Å². The normalized spacial score (nSPS) is 12.3. The first-order valence-corrected chi connectivity index (χ1v) is 5.16. The van der Waals surface area contributed by atoms with Gasteiger partial charge in [-0.3, -0.25) is 4.98 Å². The maximum absolute atomic E-state index is 5.67. The lowest BCUT2D eigenvalue weighted by Crippen LogP contribution is -2.19. The van der Waals surface area contributed by atoms with Crippen molar-refractivity contribution in [3.05, 3.63) is 48.7 Å². The Morgan fingerprint density at radius 1 is 1.38 bits per heavy atom. The van der Waals surface area contributed by atoms with Crippen LogP contribution in [0, 0.1) is 0 Å². The first kappa shape index (κ1) is 10.7. The number of ether oxygens (including phenoxy) is 1. The number of aromatic nitrogens is 1. The molecular weight excluding hydrogens is 204 g/mol. The van der Waals surface area contributed by atoms with Gasteiger partial charge >= 0.3 is 0 Å². The van der Waals surface area contributed by atoms with E-state index in [1.807, 2.05) is 24.3 Å². The van der Waals surface area contributed by atoms with E-state index >= 15 is 0 Å². The van der Waals surface area contributed by atoms with Gasteiger partial charge in [-0.2, -0.15) is 0 Å². The van der Waals surface area contributed by atoms with Crippen LogP contribution in [-0.2, 0) is 0 Å². The molecule has 2 aromatic heterocycles. The van der Waals surface area contributed by atoms with Crippen LogP contribution in [0.2, 0.25) is 0 Å². The molecule has 0 aliphatic carbocycles. The van der Waals surface area contributed by atoms with E-state index in [0.29, 0.717) is 13.2 Å². The van der Waals surface area contributed by atoms with Gasteiger partial charge in [0.15, 0.2) is 0 Å². The molecule has 0 fully saturated rings. The molecule has 0 saturated carbocycles. The minimum Gasteiger partial charge on any atom is -0.491 e. The highest BCUT2D eigenvalue weighted by atomic mass is 16.5. The van der Waals surface area contributed by atoms with Gasteiger partial charge in [0, 0.05) is 12.7 Å². The second kappa shape index (κ2) is 5.32. The van der Waals surface area contributed by atoms with Gasteiger partial charge in [0.05, 0.1) is 25.0 Å². The number of pyridine rings is 1. The zero-order valence-corrected chi connectivity index (χ0v) is 8.87. The van der Waals surface area contributed by atoms with E-state index in [0.717, 1.165) is 11.5 Å². The smallest absolute Gasteiger partial charge is 0.137 e. The molecule has 0 aliphatic heterocycles. The van der Waals surface area contributed by atoms with E-state index < -0.39 is 0 Å². The standard InChI is InChI=1S/C12H14N2O2/c13-7-10(12-4-2-6-15-12)9-16-11-3-1-5-14-8-11/h1-6,8,10H,7,9,13H2. The highest BCUT2D eigenvalue weighted by Gasteiger charge is 2.13. The van der Waals surface area contributed by atoms with Crippen LogP contribution in [-0.4, -0.2) is 18.1 Å². The van der Waals surface area contributed by atoms with Crippen LogP contribution in [0.4, 0.5) is 0 Å². The van der Waals surface area contributed by atoms with Gasteiger partial charge in [0.2, 0.25) is 0 Å². The van der Waals surface area contributed by atoms with Crippen LogP contribution in [0.15, 0.2) is 47.3 Å². The summed E-state index contributed by atoms with van der Waals surface area (Å²) < 4.78 is 10.9. The third-order valence-electron chi connectivity index (χ3n) is 2.32. The van der Waals surface area contributed by atoms with Crippen molar-refractivity contribution in [2.75, 3.05) is 13.2 Å². The highest BCUT2D eigenvalue weighted by Crippen LogP contribution is 2.17. The maximum Gasteiger partial charge on any atom is 0.137 e. The lowest BCUT2D eigenvalue weighted by atomic mass is 10.1. The average Bonchev–Trinajstić information content (AvgIpc) is 2.85. The summed E-state index contributed by atoms with van der Waals surface area (Å²) in [5.41, 5.74) is 5.67. The van der Waals surface area contributed by atoms with Crippen LogP contribution in [0.5, 0.6) is 5.75 Å². The van der Waals surface area contributed by atoms with Crippen molar-refractivity contribution in [1.82, 2.24) is 4.98 Å². The average molecular weight is 218 g/mol. The molecule has 4 nitrogen and oxygen atoms in total. The zero-order chi connectivity index (χ0) is 11.2. The van der Waals surface area contributed by atoms with Crippen molar-refractivity contribution in [3.8, 4) is 5.75 Å². The summed E-state index contributed by atoms with van der Waals surface area (Å²) in [6, 6.07) is 7.45. The molecule has 16 heavy (non-hydrogen) atoms. The van der Waals surface area contributed by atoms with Crippen molar-refractivity contribution >= 4 is 0 Å². The molecule has 4 heteroatoms. The molecule has 0 bridgehead atoms. The minimum absolute atomic E-state index is 0.0789. The van der Waals surface area contributed by atoms with Crippen molar-refractivity contribution in [2.24, 2.45) is 5.73 Å². The molecule has 1 unspecified atom stereocenters. The van der Waals surface area contributed by atoms with Crippen molar-refractivity contribution in [1.29, 1.82) is 0 Å². The fourth-order valence-corrected chi connectivity index (χ4v) is 1.42. The summed E-state index contributed by atoms with van der Waals surface area (Å²) in [6.45, 7) is 0.990. The Balaban J connectivity index is 1.94. The number of rotatable bonds is 5. The van der Waals surface area contributed by atoms with E-state index in [2.05, 4.69) is 4.98 Å². The molecule has 2 N–H and O–H groups in total. The summed E-state index contributed by atoms with van der Waals surface area (Å²) in [6.07, 6.45) is 5.03. The Labute approximate surface area is 94.1 Å². The summed E-state index contributed by atoms with van der Waals surface area (Å²) in [7, 11) is 0. The number of nitrogens with two attached hydrogens (primary N) is 1. The highest BCUT2D eigenvalue weighted by molar-refractivity contribution is 5.16. The third-order valence-corrected chi connectivity index (χ3v) is 2.32. The molecule has 2 heterocycles. The monoisotopic (exact) mass is 218 g/mol. The van der Waals surface area contributed by atoms with Crippen LogP contribution >= 0.6 is 0 Å². The van der Waals surface area contributed by atoms with Crippen molar-refractivity contribution in [3.63, 3.8) is 0 Å². The summed E-state index contributed by atoms with van der Waals surface area (Å²) >= 11 is 0. The first-order chi connectivity index (χ1) is 7.90. The molecule has 2 rings (SSSR count). The number of hydrogen-bond donors (Lipinski definition) is 1. The van der Waals surface area contributed by atoms with Crippen LogP contribution in [0.3, 0.4) is 0 Å².